The van der Waals surface area contributed by atoms with E-state index in [-0.39, 0.29) is 23.1 Å². The minimum Gasteiger partial charge on any atom is -0.343 e. The van der Waals surface area contributed by atoms with Gasteiger partial charge in [-0.2, -0.15) is 26.3 Å². The van der Waals surface area contributed by atoms with Crippen molar-refractivity contribution in [1.29, 1.82) is 0 Å². The second kappa shape index (κ2) is 7.73. The molecular formula is C21H12F6N2O2S. The third kappa shape index (κ3) is 4.38. The topological polar surface area (TPSA) is 51.1 Å². The number of rotatable bonds is 3. The zero-order valence-corrected chi connectivity index (χ0v) is 16.7. The van der Waals surface area contributed by atoms with Gasteiger partial charge in [0.2, 0.25) is 0 Å². The van der Waals surface area contributed by atoms with Crippen LogP contribution in [0, 0.1) is 0 Å². The molecule has 2 heterocycles. The number of halogens is 6. The van der Waals surface area contributed by atoms with Gasteiger partial charge >= 0.3 is 12.4 Å². The number of thioether (sulfide) groups is 1. The van der Waals surface area contributed by atoms with Crippen LogP contribution in [0.2, 0.25) is 0 Å². The van der Waals surface area contributed by atoms with Gasteiger partial charge in [0.25, 0.3) is 11.1 Å². The highest BCUT2D eigenvalue weighted by molar-refractivity contribution is 8.18. The molecule has 0 atom stereocenters. The molecule has 166 valence electrons. The van der Waals surface area contributed by atoms with Gasteiger partial charge in [-0.1, -0.05) is 12.1 Å². The minimum atomic E-state index is -4.93. The van der Waals surface area contributed by atoms with E-state index in [9.17, 15) is 35.9 Å². The first-order chi connectivity index (χ1) is 14.9. The van der Waals surface area contributed by atoms with E-state index < -0.39 is 34.6 Å². The number of hydrogen-bond acceptors (Lipinski definition) is 3. The molecule has 1 fully saturated rings. The molecule has 1 aliphatic heterocycles. The normalized spacial score (nSPS) is 16.2. The van der Waals surface area contributed by atoms with E-state index in [1.54, 1.807) is 24.3 Å². The lowest BCUT2D eigenvalue weighted by molar-refractivity contribution is -0.143. The number of aromatic nitrogens is 1. The average Bonchev–Trinajstić information content (AvgIpc) is 3.23. The summed E-state index contributed by atoms with van der Waals surface area (Å²) >= 11 is 0.736. The number of hydrogen-bond donors (Lipinski definition) is 1. The standard InChI is InChI=1S/C21H12F6N2O2S/c22-20(23,24)13-6-11(7-14(9-13)21(25,26)27)10-29-5-4-15-12(2-1-3-16(15)29)8-17-18(30)28-19(31)32-17/h1-9H,10H2,(H,28,30,31)/b17-8-. The van der Waals surface area contributed by atoms with E-state index in [4.69, 9.17) is 0 Å². The lowest BCUT2D eigenvalue weighted by Gasteiger charge is -2.15. The number of amides is 2. The Balaban J connectivity index is 1.74. The third-order valence-electron chi connectivity index (χ3n) is 4.78. The van der Waals surface area contributed by atoms with Crippen molar-refractivity contribution in [1.82, 2.24) is 9.88 Å². The van der Waals surface area contributed by atoms with Crippen molar-refractivity contribution in [2.75, 3.05) is 0 Å². The first-order valence-electron chi connectivity index (χ1n) is 9.03. The molecule has 1 N–H and O–H groups in total. The lowest BCUT2D eigenvalue weighted by Crippen LogP contribution is -2.17. The Kier molecular flexibility index (Phi) is 5.32. The molecule has 1 aliphatic rings. The molecule has 4 nitrogen and oxygen atoms in total. The summed E-state index contributed by atoms with van der Waals surface area (Å²) in [7, 11) is 0. The van der Waals surface area contributed by atoms with E-state index in [1.165, 1.54) is 16.8 Å². The van der Waals surface area contributed by atoms with Gasteiger partial charge < -0.3 is 4.57 Å². The zero-order chi connectivity index (χ0) is 23.3. The molecular weight excluding hydrogens is 458 g/mol. The minimum absolute atomic E-state index is 0.0904. The van der Waals surface area contributed by atoms with Gasteiger partial charge in [0, 0.05) is 23.6 Å². The molecule has 4 rings (SSSR count). The molecule has 32 heavy (non-hydrogen) atoms. The number of nitrogens with one attached hydrogen (secondary N) is 1. The summed E-state index contributed by atoms with van der Waals surface area (Å²) in [6.45, 7) is -0.232. The maximum absolute atomic E-state index is 13.1. The summed E-state index contributed by atoms with van der Waals surface area (Å²) in [5.74, 6) is -0.542. The number of alkyl halides is 6. The Morgan fingerprint density at radius 3 is 2.16 bits per heavy atom. The van der Waals surface area contributed by atoms with Gasteiger partial charge in [0.15, 0.2) is 0 Å². The van der Waals surface area contributed by atoms with Crippen LogP contribution in [0.4, 0.5) is 31.1 Å². The van der Waals surface area contributed by atoms with Gasteiger partial charge in [-0.15, -0.1) is 0 Å². The highest BCUT2D eigenvalue weighted by Crippen LogP contribution is 2.37. The highest BCUT2D eigenvalue weighted by Gasteiger charge is 2.37. The molecule has 3 aromatic rings. The smallest absolute Gasteiger partial charge is 0.343 e. The fraction of sp³-hybridized carbons (Fsp3) is 0.143. The van der Waals surface area contributed by atoms with Crippen LogP contribution in [0.3, 0.4) is 0 Å². The summed E-state index contributed by atoms with van der Waals surface area (Å²) in [5, 5.41) is 2.25. The van der Waals surface area contributed by atoms with Gasteiger partial charge in [0.05, 0.1) is 16.0 Å². The van der Waals surface area contributed by atoms with Crippen LogP contribution < -0.4 is 5.32 Å². The van der Waals surface area contributed by atoms with Gasteiger partial charge in [-0.3, -0.25) is 14.9 Å². The number of fused-ring (bicyclic) bond motifs is 1. The maximum atomic E-state index is 13.1. The van der Waals surface area contributed by atoms with Crippen molar-refractivity contribution >= 4 is 39.9 Å². The van der Waals surface area contributed by atoms with Crippen molar-refractivity contribution < 1.29 is 35.9 Å². The molecule has 0 saturated carbocycles. The second-order valence-electron chi connectivity index (χ2n) is 6.99. The van der Waals surface area contributed by atoms with Crippen molar-refractivity contribution in [2.24, 2.45) is 0 Å². The van der Waals surface area contributed by atoms with Crippen LogP contribution >= 0.6 is 11.8 Å². The van der Waals surface area contributed by atoms with Crippen molar-refractivity contribution in [3.63, 3.8) is 0 Å². The monoisotopic (exact) mass is 470 g/mol. The Bertz CT molecular complexity index is 1240. The van der Waals surface area contributed by atoms with Crippen LogP contribution in [-0.2, 0) is 23.7 Å². The zero-order valence-electron chi connectivity index (χ0n) is 15.8. The quantitative estimate of drug-likeness (QED) is 0.375. The molecule has 0 bridgehead atoms. The molecule has 0 aliphatic carbocycles. The highest BCUT2D eigenvalue weighted by atomic mass is 32.2. The molecule has 0 unspecified atom stereocenters. The first-order valence-corrected chi connectivity index (χ1v) is 9.84. The second-order valence-corrected chi connectivity index (χ2v) is 8.00. The number of carbonyl (C=O) groups is 2. The van der Waals surface area contributed by atoms with E-state index >= 15 is 0 Å². The van der Waals surface area contributed by atoms with Crippen molar-refractivity contribution in [3.8, 4) is 0 Å². The van der Waals surface area contributed by atoms with E-state index in [2.05, 4.69) is 5.32 Å². The van der Waals surface area contributed by atoms with Crippen LogP contribution in [0.15, 0.2) is 53.6 Å². The van der Waals surface area contributed by atoms with Gasteiger partial charge in [0.1, 0.15) is 0 Å². The lowest BCUT2D eigenvalue weighted by atomic mass is 10.0. The number of benzene rings is 2. The SMILES string of the molecule is O=C1NC(=O)/C(=C/c2cccc3c2ccn3Cc2cc(C(F)(F)F)cc(C(F)(F)F)c2)S1. The maximum Gasteiger partial charge on any atom is 0.416 e. The van der Waals surface area contributed by atoms with Gasteiger partial charge in [-0.05, 0) is 59.3 Å². The average molecular weight is 470 g/mol. The van der Waals surface area contributed by atoms with E-state index in [1.807, 2.05) is 0 Å². The Morgan fingerprint density at radius 2 is 1.59 bits per heavy atom. The summed E-state index contributed by atoms with van der Waals surface area (Å²) in [5.41, 5.74) is -1.80. The Labute approximate surface area is 180 Å². The number of nitrogens with zero attached hydrogens (tertiary/aromatic N) is 1. The van der Waals surface area contributed by atoms with Crippen LogP contribution in [0.1, 0.15) is 22.3 Å². The molecule has 0 radical (unpaired) electrons. The molecule has 2 aromatic carbocycles. The van der Waals surface area contributed by atoms with Crippen molar-refractivity contribution in [2.45, 2.75) is 18.9 Å². The summed E-state index contributed by atoms with van der Waals surface area (Å²) in [4.78, 5) is 23.3. The molecule has 2 amide bonds. The largest absolute Gasteiger partial charge is 0.416 e. The summed E-state index contributed by atoms with van der Waals surface area (Å²) in [6, 6.07) is 8.09. The fourth-order valence-electron chi connectivity index (χ4n) is 3.38. The van der Waals surface area contributed by atoms with E-state index in [0.29, 0.717) is 28.6 Å². The first kappa shape index (κ1) is 22.0. The van der Waals surface area contributed by atoms with Gasteiger partial charge in [-0.25, -0.2) is 0 Å². The Morgan fingerprint density at radius 1 is 0.938 bits per heavy atom. The fourth-order valence-corrected chi connectivity index (χ4v) is 4.05. The molecule has 1 aromatic heterocycles. The van der Waals surface area contributed by atoms with Crippen LogP contribution in [-0.4, -0.2) is 15.7 Å². The molecule has 11 heteroatoms. The third-order valence-corrected chi connectivity index (χ3v) is 5.59. The number of imide groups is 1. The molecule has 0 spiro atoms. The molecule has 1 saturated heterocycles. The Hall–Kier alpha value is -3.21. The van der Waals surface area contributed by atoms with E-state index in [0.717, 1.165) is 11.8 Å². The van der Waals surface area contributed by atoms with Crippen molar-refractivity contribution in [3.05, 3.63) is 75.8 Å². The number of carbonyl (C=O) groups excluding carboxylic acids is 2. The summed E-state index contributed by atoms with van der Waals surface area (Å²) < 4.78 is 80.3. The van der Waals surface area contributed by atoms with Crippen LogP contribution in [0.5, 0.6) is 0 Å². The predicted octanol–water partition coefficient (Wildman–Crippen LogP) is 6.05. The van der Waals surface area contributed by atoms with Crippen LogP contribution in [0.25, 0.3) is 17.0 Å². The predicted molar refractivity (Wildman–Crippen MR) is 107 cm³/mol. The summed E-state index contributed by atoms with van der Waals surface area (Å²) in [6.07, 6.45) is -6.81.